The van der Waals surface area contributed by atoms with Gasteiger partial charge in [0.1, 0.15) is 4.83 Å². The maximum Gasteiger partial charge on any atom is 0.263 e. The van der Waals surface area contributed by atoms with Gasteiger partial charge < -0.3 is 9.72 Å². The van der Waals surface area contributed by atoms with Gasteiger partial charge in [-0.1, -0.05) is 26.2 Å². The van der Waals surface area contributed by atoms with Crippen LogP contribution < -0.4 is 5.56 Å². The smallest absolute Gasteiger partial charge is 0.263 e. The third-order valence-electron chi connectivity index (χ3n) is 5.75. The molecule has 0 aromatic carbocycles. The van der Waals surface area contributed by atoms with Gasteiger partial charge in [-0.05, 0) is 44.0 Å². The molecule has 24 heavy (non-hydrogen) atoms. The van der Waals surface area contributed by atoms with Crippen LogP contribution in [0.25, 0.3) is 10.2 Å². The summed E-state index contributed by atoms with van der Waals surface area (Å²) in [6.45, 7) is 4.89. The van der Waals surface area contributed by atoms with E-state index < -0.39 is 0 Å². The van der Waals surface area contributed by atoms with Gasteiger partial charge in [0.15, 0.2) is 4.77 Å². The van der Waals surface area contributed by atoms with Crippen molar-refractivity contribution in [3.8, 4) is 0 Å². The standard InChI is InChI=1S/C18H24N2O2S2/c1-3-18(2)9-12-13(10-22-18)24-15-14(12)16(21)20(17(23)19-15)11-7-5-4-6-8-11/h11H,3-10H2,1-2H3,(H,19,23)/t18-/m1/s1. The van der Waals surface area contributed by atoms with E-state index in [1.165, 1.54) is 29.7 Å². The van der Waals surface area contributed by atoms with Crippen molar-refractivity contribution in [1.82, 2.24) is 9.55 Å². The summed E-state index contributed by atoms with van der Waals surface area (Å²) in [5.41, 5.74) is 1.13. The van der Waals surface area contributed by atoms with Crippen LogP contribution >= 0.6 is 23.6 Å². The number of nitrogens with zero attached hydrogens (tertiary/aromatic N) is 1. The molecule has 130 valence electrons. The molecule has 1 aliphatic carbocycles. The maximum absolute atomic E-state index is 13.3. The number of fused-ring (bicyclic) bond motifs is 3. The molecule has 0 amide bonds. The fourth-order valence-corrected chi connectivity index (χ4v) is 5.58. The van der Waals surface area contributed by atoms with Crippen molar-refractivity contribution in [2.24, 2.45) is 0 Å². The highest BCUT2D eigenvalue weighted by molar-refractivity contribution is 7.71. The van der Waals surface area contributed by atoms with E-state index in [-0.39, 0.29) is 17.2 Å². The van der Waals surface area contributed by atoms with E-state index in [1.807, 2.05) is 4.57 Å². The summed E-state index contributed by atoms with van der Waals surface area (Å²) in [6.07, 6.45) is 7.52. The average molecular weight is 365 g/mol. The molecule has 2 aromatic heterocycles. The number of thiophene rings is 1. The Kier molecular flexibility index (Phi) is 4.17. The number of hydrogen-bond donors (Lipinski definition) is 1. The Labute approximate surface area is 150 Å². The number of H-pyrrole nitrogens is 1. The Bertz CT molecular complexity index is 889. The zero-order valence-corrected chi connectivity index (χ0v) is 15.9. The lowest BCUT2D eigenvalue weighted by molar-refractivity contribution is -0.0543. The monoisotopic (exact) mass is 364 g/mol. The number of aromatic amines is 1. The highest BCUT2D eigenvalue weighted by Crippen LogP contribution is 2.38. The Hall–Kier alpha value is -0.980. The zero-order valence-electron chi connectivity index (χ0n) is 14.3. The molecule has 0 bridgehead atoms. The third kappa shape index (κ3) is 2.59. The van der Waals surface area contributed by atoms with Gasteiger partial charge in [-0.15, -0.1) is 11.3 Å². The van der Waals surface area contributed by atoms with Crippen LogP contribution in [0.1, 0.15) is 68.9 Å². The van der Waals surface area contributed by atoms with Crippen LogP contribution in [-0.4, -0.2) is 15.2 Å². The third-order valence-corrected chi connectivity index (χ3v) is 7.17. The largest absolute Gasteiger partial charge is 0.369 e. The van der Waals surface area contributed by atoms with E-state index in [9.17, 15) is 4.79 Å². The zero-order chi connectivity index (χ0) is 16.9. The van der Waals surface area contributed by atoms with E-state index in [4.69, 9.17) is 17.0 Å². The molecular weight excluding hydrogens is 340 g/mol. The van der Waals surface area contributed by atoms with Crippen molar-refractivity contribution >= 4 is 33.8 Å². The maximum atomic E-state index is 13.3. The van der Waals surface area contributed by atoms with Gasteiger partial charge in [0.2, 0.25) is 0 Å². The lowest BCUT2D eigenvalue weighted by atomic mass is 9.90. The van der Waals surface area contributed by atoms with Gasteiger partial charge in [0.25, 0.3) is 5.56 Å². The van der Waals surface area contributed by atoms with E-state index >= 15 is 0 Å². The molecule has 0 radical (unpaired) electrons. The highest BCUT2D eigenvalue weighted by Gasteiger charge is 2.33. The average Bonchev–Trinajstić information content (AvgIpc) is 2.93. The Morgan fingerprint density at radius 3 is 2.83 bits per heavy atom. The van der Waals surface area contributed by atoms with E-state index in [0.29, 0.717) is 11.4 Å². The SMILES string of the molecule is CC[C@]1(C)Cc2c(sc3[nH]c(=S)n(C4CCCCC4)c(=O)c23)CO1. The normalized spacial score (nSPS) is 25.1. The first-order valence-electron chi connectivity index (χ1n) is 8.95. The molecule has 0 spiro atoms. The molecular formula is C18H24N2O2S2. The minimum absolute atomic E-state index is 0.110. The number of hydrogen-bond acceptors (Lipinski definition) is 4. The Morgan fingerprint density at radius 2 is 2.12 bits per heavy atom. The van der Waals surface area contributed by atoms with E-state index in [1.54, 1.807) is 11.3 Å². The molecule has 1 saturated carbocycles. The molecule has 0 unspecified atom stereocenters. The minimum atomic E-state index is -0.171. The van der Waals surface area contributed by atoms with Crippen LogP contribution in [0.4, 0.5) is 0 Å². The van der Waals surface area contributed by atoms with Crippen molar-refractivity contribution in [3.05, 3.63) is 25.6 Å². The molecule has 1 atom stereocenters. The number of aromatic nitrogens is 2. The molecule has 1 fully saturated rings. The van der Waals surface area contributed by atoms with E-state index in [0.717, 1.165) is 35.9 Å². The summed E-state index contributed by atoms with van der Waals surface area (Å²) < 4.78 is 8.49. The summed E-state index contributed by atoms with van der Waals surface area (Å²) >= 11 is 7.17. The van der Waals surface area contributed by atoms with Gasteiger partial charge >= 0.3 is 0 Å². The molecule has 1 aliphatic heterocycles. The molecule has 2 aromatic rings. The highest BCUT2D eigenvalue weighted by atomic mass is 32.1. The Balaban J connectivity index is 1.90. The fourth-order valence-electron chi connectivity index (χ4n) is 4.06. The molecule has 2 aliphatic rings. The molecule has 4 nitrogen and oxygen atoms in total. The summed E-state index contributed by atoms with van der Waals surface area (Å²) in [7, 11) is 0. The molecule has 6 heteroatoms. The van der Waals surface area contributed by atoms with Crippen LogP contribution in [0.3, 0.4) is 0 Å². The number of ether oxygens (including phenoxy) is 1. The minimum Gasteiger partial charge on any atom is -0.369 e. The molecule has 4 rings (SSSR count). The molecule has 3 heterocycles. The van der Waals surface area contributed by atoms with Crippen molar-refractivity contribution < 1.29 is 4.74 Å². The van der Waals surface area contributed by atoms with Crippen molar-refractivity contribution in [1.29, 1.82) is 0 Å². The Morgan fingerprint density at radius 1 is 1.38 bits per heavy atom. The number of nitrogens with one attached hydrogen (secondary N) is 1. The summed E-state index contributed by atoms with van der Waals surface area (Å²) in [4.78, 5) is 18.8. The van der Waals surface area contributed by atoms with E-state index in [2.05, 4.69) is 18.8 Å². The lowest BCUT2D eigenvalue weighted by Crippen LogP contribution is -2.35. The van der Waals surface area contributed by atoms with Crippen molar-refractivity contribution in [3.63, 3.8) is 0 Å². The first-order chi connectivity index (χ1) is 11.5. The lowest BCUT2D eigenvalue weighted by Gasteiger charge is -2.33. The summed E-state index contributed by atoms with van der Waals surface area (Å²) in [5.74, 6) is 0. The van der Waals surface area contributed by atoms with Crippen LogP contribution in [0, 0.1) is 4.77 Å². The van der Waals surface area contributed by atoms with Gasteiger partial charge in [-0.2, -0.15) is 0 Å². The van der Waals surface area contributed by atoms with Crippen molar-refractivity contribution in [2.75, 3.05) is 0 Å². The first-order valence-corrected chi connectivity index (χ1v) is 10.2. The number of rotatable bonds is 2. The second-order valence-electron chi connectivity index (χ2n) is 7.37. The fraction of sp³-hybridized carbons (Fsp3) is 0.667. The predicted molar refractivity (Wildman–Crippen MR) is 101 cm³/mol. The second kappa shape index (κ2) is 6.07. The first kappa shape index (κ1) is 16.5. The van der Waals surface area contributed by atoms with Gasteiger partial charge in [-0.25, -0.2) is 0 Å². The predicted octanol–water partition coefficient (Wildman–Crippen LogP) is 4.87. The van der Waals surface area contributed by atoms with Gasteiger partial charge in [0.05, 0.1) is 17.6 Å². The summed E-state index contributed by atoms with van der Waals surface area (Å²) in [6, 6.07) is 0.257. The quantitative estimate of drug-likeness (QED) is 0.774. The van der Waals surface area contributed by atoms with Crippen LogP contribution in [0.2, 0.25) is 0 Å². The summed E-state index contributed by atoms with van der Waals surface area (Å²) in [5, 5.41) is 0.858. The molecule has 1 N–H and O–H groups in total. The van der Waals surface area contributed by atoms with Crippen LogP contribution in [0.15, 0.2) is 4.79 Å². The second-order valence-corrected chi connectivity index (χ2v) is 8.87. The van der Waals surface area contributed by atoms with Gasteiger partial charge in [0, 0.05) is 17.3 Å². The van der Waals surface area contributed by atoms with Gasteiger partial charge in [-0.3, -0.25) is 9.36 Å². The van der Waals surface area contributed by atoms with Crippen LogP contribution in [-0.2, 0) is 17.8 Å². The molecule has 0 saturated heterocycles. The topological polar surface area (TPSA) is 47.0 Å². The van der Waals surface area contributed by atoms with Crippen LogP contribution in [0.5, 0.6) is 0 Å². The van der Waals surface area contributed by atoms with Crippen molar-refractivity contribution in [2.45, 2.75) is 77.0 Å².